The second-order valence-electron chi connectivity index (χ2n) is 9.46. The molecule has 0 bridgehead atoms. The minimum absolute atomic E-state index is 0.795. The third-order valence-electron chi connectivity index (χ3n) is 6.48. The van der Waals surface area contributed by atoms with Crippen LogP contribution < -0.4 is 10.4 Å². The summed E-state index contributed by atoms with van der Waals surface area (Å²) in [6.07, 6.45) is 2.32. The Morgan fingerprint density at radius 1 is 0.865 bits per heavy atom. The number of hydrogen-bond donors (Lipinski definition) is 0. The maximum Gasteiger partial charge on any atom is 0.0920 e. The fraction of sp³-hybridized carbons (Fsp3) is 0.182. The van der Waals surface area contributed by atoms with Gasteiger partial charge in [-0.1, -0.05) is 95.7 Å². The third kappa shape index (κ3) is 6.79. The molecule has 0 aromatic heterocycles. The Balaban J connectivity index is 0.000000170. The topological polar surface area (TPSA) is 0 Å². The monoisotopic (exact) mass is 614 g/mol. The van der Waals surface area contributed by atoms with Crippen molar-refractivity contribution in [3.05, 3.63) is 113 Å². The summed E-state index contributed by atoms with van der Waals surface area (Å²) in [5, 5.41) is 5.59. The van der Waals surface area contributed by atoms with E-state index < -0.39 is 20.8 Å². The second kappa shape index (κ2) is 13.3. The zero-order valence-electron chi connectivity index (χ0n) is 21.8. The molecule has 1 aliphatic rings. The Morgan fingerprint density at radius 3 is 2.30 bits per heavy atom. The molecule has 37 heavy (non-hydrogen) atoms. The summed E-state index contributed by atoms with van der Waals surface area (Å²) >= 11 is -0.826. The summed E-state index contributed by atoms with van der Waals surface area (Å²) in [6.45, 7) is 8.81. The Labute approximate surface area is 242 Å². The quantitative estimate of drug-likeness (QED) is 0.138. The van der Waals surface area contributed by atoms with Gasteiger partial charge in [0.2, 0.25) is 0 Å². The molecule has 1 heterocycles. The molecular weight excluding hydrogens is 587 g/mol. The molecule has 0 fully saturated rings. The van der Waals surface area contributed by atoms with Crippen LogP contribution in [0.15, 0.2) is 84.9 Å². The van der Waals surface area contributed by atoms with Crippen LogP contribution in [0.3, 0.4) is 0 Å². The van der Waals surface area contributed by atoms with E-state index in [9.17, 15) is 0 Å². The Morgan fingerprint density at radius 2 is 1.57 bits per heavy atom. The molecule has 0 saturated heterocycles. The number of aryl methyl sites for hydroxylation is 4. The molecule has 5 aromatic carbocycles. The zero-order chi connectivity index (χ0) is 26.4. The molecular formula is C33H30Cl2SiZr. The van der Waals surface area contributed by atoms with Gasteiger partial charge in [-0.2, -0.15) is 35.5 Å². The fourth-order valence-corrected chi connectivity index (χ4v) is 6.45. The van der Waals surface area contributed by atoms with Crippen molar-refractivity contribution in [2.45, 2.75) is 40.5 Å². The smallest absolute Gasteiger partial charge is 0.0920 e. The molecule has 1 aliphatic heterocycles. The van der Waals surface area contributed by atoms with E-state index >= 15 is 0 Å². The second-order valence-corrected chi connectivity index (χ2v) is 14.5. The van der Waals surface area contributed by atoms with Gasteiger partial charge in [0.05, 0.1) is 9.52 Å². The summed E-state index contributed by atoms with van der Waals surface area (Å²) in [5.74, 6) is 0. The van der Waals surface area contributed by atoms with Crippen LogP contribution in [0.4, 0.5) is 0 Å². The van der Waals surface area contributed by atoms with Gasteiger partial charge >= 0.3 is 37.9 Å². The van der Waals surface area contributed by atoms with Crippen LogP contribution in [0.5, 0.6) is 0 Å². The summed E-state index contributed by atoms with van der Waals surface area (Å²) in [6, 6.07) is 34.3. The molecule has 0 amide bonds. The van der Waals surface area contributed by atoms with Gasteiger partial charge in [0.1, 0.15) is 0 Å². The number of hydrogen-bond acceptors (Lipinski definition) is 0. The number of rotatable bonds is 3. The Hall–Kier alpha value is -1.83. The molecule has 184 valence electrons. The minimum Gasteiger partial charge on any atom is -0.184 e. The molecule has 6 rings (SSSR count). The van der Waals surface area contributed by atoms with E-state index in [1.807, 2.05) is 6.07 Å². The van der Waals surface area contributed by atoms with Crippen LogP contribution in [-0.4, -0.2) is 9.52 Å². The van der Waals surface area contributed by atoms with Crippen molar-refractivity contribution in [1.82, 2.24) is 0 Å². The van der Waals surface area contributed by atoms with Crippen molar-refractivity contribution in [3.63, 3.8) is 0 Å². The maximum atomic E-state index is 4.93. The Kier molecular flexibility index (Phi) is 10.1. The first-order valence-corrected chi connectivity index (χ1v) is 19.9. The van der Waals surface area contributed by atoms with Gasteiger partial charge in [0.15, 0.2) is 0 Å². The van der Waals surface area contributed by atoms with E-state index in [-0.39, 0.29) is 0 Å². The van der Waals surface area contributed by atoms with Gasteiger partial charge < -0.3 is 0 Å². The first kappa shape index (κ1) is 28.2. The van der Waals surface area contributed by atoms with Crippen molar-refractivity contribution in [3.8, 4) is 22.3 Å². The predicted octanol–water partition coefficient (Wildman–Crippen LogP) is 8.60. The number of benzene rings is 4. The van der Waals surface area contributed by atoms with Crippen LogP contribution >= 0.6 is 17.0 Å². The number of fused-ring (bicyclic) bond motifs is 4. The van der Waals surface area contributed by atoms with E-state index in [2.05, 4.69) is 113 Å². The summed E-state index contributed by atoms with van der Waals surface area (Å²) in [4.78, 5) is 0. The summed E-state index contributed by atoms with van der Waals surface area (Å²) < 4.78 is 0. The average Bonchev–Trinajstić information content (AvgIpc) is 3.44. The standard InChI is InChI=1S/C21H23.C12H7Si.2ClH.Zr/c1-5-6-17-7-8-18-10-16(4)13-20(18)21(17)19-11-14(2)9-15(3)12-19;1-3-7-11-9(5-1)10-6-2-4-8-12(10)13-11;;;/h7-13H,5-6H2,1-4H3;1-7H;2*1H;/q2*-1;;;+4/p-2. The molecule has 0 unspecified atom stereocenters. The summed E-state index contributed by atoms with van der Waals surface area (Å²) in [7, 11) is 10.7. The fourth-order valence-electron chi connectivity index (χ4n) is 5.14. The predicted molar refractivity (Wildman–Crippen MR) is 161 cm³/mol. The molecule has 0 atom stereocenters. The van der Waals surface area contributed by atoms with Gasteiger partial charge in [-0.25, -0.2) is 0 Å². The van der Waals surface area contributed by atoms with Crippen molar-refractivity contribution < 1.29 is 20.8 Å². The van der Waals surface area contributed by atoms with Gasteiger partial charge in [-0.05, 0) is 25.8 Å². The number of halogens is 2. The van der Waals surface area contributed by atoms with Gasteiger partial charge in [-0.3, -0.25) is 0 Å². The first-order valence-electron chi connectivity index (χ1n) is 12.6. The third-order valence-corrected chi connectivity index (χ3v) is 7.85. The first-order chi connectivity index (χ1) is 17.9. The maximum absolute atomic E-state index is 4.93. The van der Waals surface area contributed by atoms with E-state index in [1.165, 1.54) is 72.1 Å². The molecule has 0 N–H and O–H groups in total. The van der Waals surface area contributed by atoms with Crippen molar-refractivity contribution in [2.24, 2.45) is 0 Å². The normalized spacial score (nSPS) is 11.0. The van der Waals surface area contributed by atoms with E-state index in [4.69, 9.17) is 17.0 Å². The SMILES string of the molecule is CCCc1ccc2[cH-]c(C)cc2c1-c1cc(C)cc(C)c1.[Cl][Zr+2][Cl].[c-]1cccc2c1[Si]c1ccccc1-2. The molecule has 4 heteroatoms. The molecule has 2 radical (unpaired) electrons. The van der Waals surface area contributed by atoms with Crippen molar-refractivity contribution >= 4 is 47.7 Å². The Bertz CT molecular complexity index is 1440. The van der Waals surface area contributed by atoms with Crippen molar-refractivity contribution in [1.29, 1.82) is 0 Å². The zero-order valence-corrected chi connectivity index (χ0v) is 26.7. The van der Waals surface area contributed by atoms with Crippen LogP contribution in [0.2, 0.25) is 0 Å². The van der Waals surface area contributed by atoms with E-state index in [1.54, 1.807) is 0 Å². The average molecular weight is 617 g/mol. The largest absolute Gasteiger partial charge is 0.184 e. The van der Waals surface area contributed by atoms with Gasteiger partial charge in [0, 0.05) is 0 Å². The van der Waals surface area contributed by atoms with E-state index in [0.29, 0.717) is 0 Å². The van der Waals surface area contributed by atoms with Crippen LogP contribution in [0.25, 0.3) is 33.0 Å². The van der Waals surface area contributed by atoms with E-state index in [0.717, 1.165) is 15.9 Å². The molecule has 0 saturated carbocycles. The molecule has 0 aliphatic carbocycles. The van der Waals surface area contributed by atoms with Gasteiger partial charge in [-0.15, -0.1) is 40.1 Å². The minimum atomic E-state index is -0.826. The molecule has 5 aromatic rings. The molecule has 0 nitrogen and oxygen atoms in total. The van der Waals surface area contributed by atoms with Gasteiger partial charge in [0.25, 0.3) is 0 Å². The van der Waals surface area contributed by atoms with Crippen LogP contribution in [0, 0.1) is 26.8 Å². The van der Waals surface area contributed by atoms with Crippen LogP contribution in [-0.2, 0) is 27.3 Å². The van der Waals surface area contributed by atoms with Crippen molar-refractivity contribution in [2.75, 3.05) is 0 Å². The van der Waals surface area contributed by atoms with Crippen LogP contribution in [0.1, 0.15) is 35.6 Å². The summed E-state index contributed by atoms with van der Waals surface area (Å²) in [5.41, 5.74) is 11.1. The molecule has 0 spiro atoms.